The van der Waals surface area contributed by atoms with Gasteiger partial charge in [0.15, 0.2) is 6.23 Å². The Hall–Kier alpha value is -0.680. The van der Waals surface area contributed by atoms with Crippen molar-refractivity contribution in [3.05, 3.63) is 16.1 Å². The minimum Gasteiger partial charge on any atom is -0.394 e. The lowest BCUT2D eigenvalue weighted by Gasteiger charge is -2.26. The second-order valence-corrected chi connectivity index (χ2v) is 7.12. The van der Waals surface area contributed by atoms with E-state index < -0.39 is 23.3 Å². The molecule has 0 radical (unpaired) electrons. The van der Waals surface area contributed by atoms with E-state index in [1.807, 2.05) is 0 Å². The van der Waals surface area contributed by atoms with Gasteiger partial charge in [-0.1, -0.05) is 0 Å². The smallest absolute Gasteiger partial charge is 0.157 e. The molecule has 0 spiro atoms. The van der Waals surface area contributed by atoms with Gasteiger partial charge in [-0.3, -0.25) is 0 Å². The lowest BCUT2D eigenvalue weighted by Crippen LogP contribution is -2.39. The van der Waals surface area contributed by atoms with Gasteiger partial charge in [-0.05, 0) is 29.5 Å². The number of hydrogen-bond acceptors (Lipinski definition) is 6. The van der Waals surface area contributed by atoms with E-state index in [-0.39, 0.29) is 6.61 Å². The monoisotopic (exact) mass is 424 g/mol. The zero-order chi connectivity index (χ0) is 15.4. The highest BCUT2D eigenvalue weighted by molar-refractivity contribution is 14.1. The number of fused-ring (bicyclic) bond motifs is 1. The van der Waals surface area contributed by atoms with Gasteiger partial charge in [0.25, 0.3) is 0 Å². The van der Waals surface area contributed by atoms with Crippen molar-refractivity contribution in [1.82, 2.24) is 14.5 Å². The summed E-state index contributed by atoms with van der Waals surface area (Å²) in [5.74, 6) is 0.372. The molecule has 114 valence electrons. The van der Waals surface area contributed by atoms with Crippen LogP contribution in [0.3, 0.4) is 0 Å². The second-order valence-electron chi connectivity index (χ2n) is 5.15. The number of alkyl halides is 1. The van der Waals surface area contributed by atoms with E-state index in [1.54, 1.807) is 17.7 Å². The molecule has 7 nitrogen and oxygen atoms in total. The third kappa shape index (κ3) is 2.20. The number of nitrogens with two attached hydrogens (primary N) is 1. The molecule has 9 heteroatoms. The first kappa shape index (κ1) is 15.2. The van der Waals surface area contributed by atoms with Crippen LogP contribution in [-0.2, 0) is 4.74 Å². The van der Waals surface area contributed by atoms with Crippen LogP contribution in [0, 0.1) is 3.57 Å². The minimum absolute atomic E-state index is 0.312. The number of aromatic nitrogens is 3. The fourth-order valence-electron chi connectivity index (χ4n) is 2.60. The molecule has 4 atom stereocenters. The summed E-state index contributed by atoms with van der Waals surface area (Å²) in [6, 6.07) is 0. The van der Waals surface area contributed by atoms with Crippen LogP contribution in [0.1, 0.15) is 13.2 Å². The third-order valence-electron chi connectivity index (χ3n) is 3.74. The molecular formula is C12H14ClIN4O3. The quantitative estimate of drug-likeness (QED) is 0.488. The Morgan fingerprint density at radius 1 is 1.57 bits per heavy atom. The third-order valence-corrected chi connectivity index (χ3v) is 4.97. The number of halogens is 2. The Labute approximate surface area is 139 Å². The summed E-state index contributed by atoms with van der Waals surface area (Å²) in [4.78, 5) is 7.11. The van der Waals surface area contributed by atoms with Gasteiger partial charge in [-0.15, -0.1) is 11.6 Å². The number of ether oxygens (including phenoxy) is 1. The first-order chi connectivity index (χ1) is 9.87. The molecule has 1 aliphatic heterocycles. The maximum absolute atomic E-state index is 10.2. The first-order valence-corrected chi connectivity index (χ1v) is 7.73. The molecule has 0 aromatic carbocycles. The molecule has 0 amide bonds. The summed E-state index contributed by atoms with van der Waals surface area (Å²) in [5.41, 5.74) is 6.46. The highest BCUT2D eigenvalue weighted by Crippen LogP contribution is 2.45. The summed E-state index contributed by atoms with van der Waals surface area (Å²) in [5, 5.41) is 20.2. The summed E-state index contributed by atoms with van der Waals surface area (Å²) in [6.07, 6.45) is 0.751. The summed E-state index contributed by atoms with van der Waals surface area (Å²) < 4.78 is 8.30. The molecule has 1 saturated heterocycles. The Morgan fingerprint density at radius 2 is 2.29 bits per heavy atom. The standard InChI is InChI=1S/C12H14ClIN4O3/c1-12(13)8(20)6(3-19)21-11(12)18-2-5(14)7-9(15)16-4-17-10(7)18/h2,4,6,8,11,19-20H,3H2,1H3,(H2,15,16,17)/t6-,8-,11-,12-/m1/s1. The first-order valence-electron chi connectivity index (χ1n) is 6.27. The number of rotatable bonds is 2. The molecule has 4 N–H and O–H groups in total. The maximum Gasteiger partial charge on any atom is 0.157 e. The SMILES string of the molecule is C[C@@]1(Cl)[C@H](O)[C@@H](CO)O[C@H]1n1cc(I)c2c(N)ncnc21. The van der Waals surface area contributed by atoms with Gasteiger partial charge >= 0.3 is 0 Å². The molecule has 3 heterocycles. The highest BCUT2D eigenvalue weighted by atomic mass is 127. The van der Waals surface area contributed by atoms with Crippen LogP contribution in [0.25, 0.3) is 11.0 Å². The van der Waals surface area contributed by atoms with E-state index in [1.165, 1.54) is 6.33 Å². The van der Waals surface area contributed by atoms with Crippen molar-refractivity contribution in [2.75, 3.05) is 12.3 Å². The van der Waals surface area contributed by atoms with E-state index in [0.717, 1.165) is 8.96 Å². The van der Waals surface area contributed by atoms with Crippen LogP contribution in [0.2, 0.25) is 0 Å². The Kier molecular flexibility index (Phi) is 3.77. The van der Waals surface area contributed by atoms with Crippen molar-refractivity contribution in [1.29, 1.82) is 0 Å². The topological polar surface area (TPSA) is 106 Å². The average molecular weight is 425 g/mol. The lowest BCUT2D eigenvalue weighted by atomic mass is 10.0. The second kappa shape index (κ2) is 5.20. The van der Waals surface area contributed by atoms with Crippen molar-refractivity contribution < 1.29 is 14.9 Å². The van der Waals surface area contributed by atoms with Crippen LogP contribution in [-0.4, -0.2) is 48.4 Å². The van der Waals surface area contributed by atoms with Crippen molar-refractivity contribution >= 4 is 51.0 Å². The number of aliphatic hydroxyl groups excluding tert-OH is 2. The number of nitrogen functional groups attached to an aromatic ring is 1. The van der Waals surface area contributed by atoms with E-state index in [0.29, 0.717) is 11.5 Å². The Bertz CT molecular complexity index is 692. The van der Waals surface area contributed by atoms with Gasteiger partial charge in [0.2, 0.25) is 0 Å². The van der Waals surface area contributed by atoms with Crippen molar-refractivity contribution in [2.24, 2.45) is 0 Å². The molecule has 21 heavy (non-hydrogen) atoms. The summed E-state index contributed by atoms with van der Waals surface area (Å²) in [6.45, 7) is 1.36. The minimum atomic E-state index is -1.10. The fourth-order valence-corrected chi connectivity index (χ4v) is 3.72. The molecule has 1 fully saturated rings. The van der Waals surface area contributed by atoms with E-state index in [9.17, 15) is 10.2 Å². The maximum atomic E-state index is 10.2. The predicted molar refractivity (Wildman–Crippen MR) is 85.9 cm³/mol. The van der Waals surface area contributed by atoms with Gasteiger partial charge in [-0.2, -0.15) is 0 Å². The van der Waals surface area contributed by atoms with Crippen LogP contribution in [0.15, 0.2) is 12.5 Å². The Balaban J connectivity index is 2.15. The zero-order valence-electron chi connectivity index (χ0n) is 11.1. The van der Waals surface area contributed by atoms with Gasteiger partial charge in [0.05, 0.1) is 12.0 Å². The van der Waals surface area contributed by atoms with Gasteiger partial charge in [-0.25, -0.2) is 9.97 Å². The van der Waals surface area contributed by atoms with Crippen molar-refractivity contribution in [2.45, 2.75) is 30.2 Å². The van der Waals surface area contributed by atoms with Gasteiger partial charge < -0.3 is 25.3 Å². The highest BCUT2D eigenvalue weighted by Gasteiger charge is 2.53. The Morgan fingerprint density at radius 3 is 2.90 bits per heavy atom. The number of anilines is 1. The molecule has 1 aliphatic rings. The molecule has 0 unspecified atom stereocenters. The molecule has 0 saturated carbocycles. The van der Waals surface area contributed by atoms with Crippen molar-refractivity contribution in [3.63, 3.8) is 0 Å². The average Bonchev–Trinajstić information content (AvgIpc) is 2.87. The molecule has 3 rings (SSSR count). The van der Waals surface area contributed by atoms with E-state index in [2.05, 4.69) is 32.6 Å². The van der Waals surface area contributed by atoms with Gasteiger partial charge in [0, 0.05) is 9.77 Å². The van der Waals surface area contributed by atoms with Gasteiger partial charge in [0.1, 0.15) is 34.9 Å². The normalized spacial score (nSPS) is 32.9. The van der Waals surface area contributed by atoms with Crippen LogP contribution < -0.4 is 5.73 Å². The largest absolute Gasteiger partial charge is 0.394 e. The van der Waals surface area contributed by atoms with Crippen molar-refractivity contribution in [3.8, 4) is 0 Å². The number of hydrogen-bond donors (Lipinski definition) is 3. The van der Waals surface area contributed by atoms with E-state index in [4.69, 9.17) is 22.1 Å². The zero-order valence-corrected chi connectivity index (χ0v) is 14.0. The van der Waals surface area contributed by atoms with Crippen LogP contribution in [0.4, 0.5) is 5.82 Å². The molecule has 2 aromatic heterocycles. The predicted octanol–water partition coefficient (Wildman–Crippen LogP) is 0.866. The summed E-state index contributed by atoms with van der Waals surface area (Å²) in [7, 11) is 0. The lowest BCUT2D eigenvalue weighted by molar-refractivity contribution is -0.0439. The van der Waals surface area contributed by atoms with Crippen LogP contribution in [0.5, 0.6) is 0 Å². The number of aliphatic hydroxyl groups is 2. The molecular weight excluding hydrogens is 411 g/mol. The number of nitrogens with zero attached hydrogens (tertiary/aromatic N) is 3. The molecule has 0 aliphatic carbocycles. The molecule has 2 aromatic rings. The molecule has 0 bridgehead atoms. The van der Waals surface area contributed by atoms with Crippen LogP contribution >= 0.6 is 34.2 Å². The summed E-state index contributed by atoms with van der Waals surface area (Å²) >= 11 is 8.59. The fraction of sp³-hybridized carbons (Fsp3) is 0.500. The van der Waals surface area contributed by atoms with E-state index >= 15 is 0 Å².